The van der Waals surface area contributed by atoms with E-state index in [0.717, 1.165) is 22.0 Å². The maximum absolute atomic E-state index is 13.1. The molecule has 1 saturated carbocycles. The van der Waals surface area contributed by atoms with Gasteiger partial charge in [-0.05, 0) is 86.6 Å². The zero-order valence-corrected chi connectivity index (χ0v) is 21.2. The molecule has 1 aliphatic heterocycles. The summed E-state index contributed by atoms with van der Waals surface area (Å²) in [6, 6.07) is 9.78. The second-order valence-corrected chi connectivity index (χ2v) is 10.4. The van der Waals surface area contributed by atoms with Gasteiger partial charge in [0.25, 0.3) is 5.91 Å². The van der Waals surface area contributed by atoms with Crippen LogP contribution in [0.5, 0.6) is 0 Å². The first-order valence-electron chi connectivity index (χ1n) is 11.6. The van der Waals surface area contributed by atoms with Crippen LogP contribution in [-0.2, 0) is 19.1 Å². The third kappa shape index (κ3) is 3.89. The van der Waals surface area contributed by atoms with E-state index in [0.29, 0.717) is 11.4 Å². The number of halogens is 1. The molecule has 1 N–H and O–H groups in total. The van der Waals surface area contributed by atoms with Crippen molar-refractivity contribution in [2.45, 2.75) is 27.2 Å². The molecule has 1 saturated heterocycles. The van der Waals surface area contributed by atoms with Crippen molar-refractivity contribution < 1.29 is 23.9 Å². The molecule has 7 nitrogen and oxygen atoms in total. The Balaban J connectivity index is 1.21. The van der Waals surface area contributed by atoms with E-state index in [1.165, 1.54) is 22.6 Å². The van der Waals surface area contributed by atoms with Crippen LogP contribution in [0.4, 0.5) is 11.4 Å². The van der Waals surface area contributed by atoms with Gasteiger partial charge in [0.05, 0.1) is 23.1 Å². The zero-order valence-electron chi connectivity index (χ0n) is 19.6. The van der Waals surface area contributed by atoms with Gasteiger partial charge in [-0.25, -0.2) is 4.79 Å². The lowest BCUT2D eigenvalue weighted by atomic mass is 9.82. The van der Waals surface area contributed by atoms with E-state index in [1.807, 2.05) is 26.8 Å². The molecular formula is C27H25BrN2O5. The van der Waals surface area contributed by atoms with Crippen molar-refractivity contribution in [1.29, 1.82) is 0 Å². The summed E-state index contributed by atoms with van der Waals surface area (Å²) in [5.74, 6) is -1.71. The number of fused-ring (bicyclic) bond motifs is 5. The van der Waals surface area contributed by atoms with Crippen molar-refractivity contribution in [3.8, 4) is 0 Å². The SMILES string of the molecule is CC1=C[C@H]2C[C@H]1[C@@H]1C(=O)N(c3ccc(C(=O)OCC(=O)Nc4ccc(Br)c(C)c4C)cc3)C(=O)[C@H]12. The number of amides is 3. The molecule has 4 atom stereocenters. The number of hydrogen-bond acceptors (Lipinski definition) is 5. The Hall–Kier alpha value is -3.26. The normalized spacial score (nSPS) is 24.5. The molecule has 3 aliphatic rings. The van der Waals surface area contributed by atoms with Crippen molar-refractivity contribution in [3.05, 3.63) is 69.2 Å². The van der Waals surface area contributed by atoms with Crippen molar-refractivity contribution in [2.75, 3.05) is 16.8 Å². The predicted octanol–water partition coefficient (Wildman–Crippen LogP) is 4.56. The number of allylic oxidation sites excluding steroid dienone is 2. The molecule has 0 aromatic heterocycles. The fourth-order valence-electron chi connectivity index (χ4n) is 5.60. The molecule has 0 radical (unpaired) electrons. The maximum Gasteiger partial charge on any atom is 0.338 e. The van der Waals surface area contributed by atoms with Crippen LogP contribution in [0, 0.1) is 37.5 Å². The molecule has 5 rings (SSSR count). The Morgan fingerprint density at radius 2 is 1.69 bits per heavy atom. The topological polar surface area (TPSA) is 92.8 Å². The number of anilines is 2. The number of imide groups is 1. The Morgan fingerprint density at radius 3 is 2.40 bits per heavy atom. The zero-order chi connectivity index (χ0) is 25.0. The number of nitrogens with one attached hydrogen (secondary N) is 1. The molecule has 2 bridgehead atoms. The van der Waals surface area contributed by atoms with Crippen molar-refractivity contribution >= 4 is 51.0 Å². The lowest BCUT2D eigenvalue weighted by Crippen LogP contribution is -2.33. The van der Waals surface area contributed by atoms with Gasteiger partial charge >= 0.3 is 5.97 Å². The molecule has 2 aromatic rings. The van der Waals surface area contributed by atoms with Gasteiger partial charge in [0, 0.05) is 10.2 Å². The lowest BCUT2D eigenvalue weighted by Gasteiger charge is -2.19. The van der Waals surface area contributed by atoms with E-state index in [9.17, 15) is 19.2 Å². The van der Waals surface area contributed by atoms with Gasteiger partial charge in [-0.3, -0.25) is 19.3 Å². The standard InChI is InChI=1S/C27H25BrN2O5/c1-13-10-17-11-19(13)24-23(17)25(32)30(26(24)33)18-6-4-16(5-7-18)27(34)35-12-22(31)29-21-9-8-20(28)14(2)15(21)3/h4-10,17,19,23-24H,11-12H2,1-3H3,(H,29,31)/t17-,19+,23-,24-/m0/s1. The molecule has 0 spiro atoms. The van der Waals surface area contributed by atoms with Crippen molar-refractivity contribution in [2.24, 2.45) is 23.7 Å². The smallest absolute Gasteiger partial charge is 0.338 e. The fraction of sp³-hybridized carbons (Fsp3) is 0.333. The molecule has 3 amide bonds. The third-order valence-electron chi connectivity index (χ3n) is 7.57. The Labute approximate surface area is 211 Å². The summed E-state index contributed by atoms with van der Waals surface area (Å²) in [7, 11) is 0. The van der Waals surface area contributed by atoms with Gasteiger partial charge in [0.1, 0.15) is 0 Å². The second kappa shape index (κ2) is 8.75. The van der Waals surface area contributed by atoms with Gasteiger partial charge in [-0.2, -0.15) is 0 Å². The number of carbonyl (C=O) groups excluding carboxylic acids is 4. The Morgan fingerprint density at radius 1 is 1.00 bits per heavy atom. The number of hydrogen-bond donors (Lipinski definition) is 1. The summed E-state index contributed by atoms with van der Waals surface area (Å²) >= 11 is 3.45. The minimum absolute atomic E-state index is 0.136. The van der Waals surface area contributed by atoms with E-state index in [1.54, 1.807) is 18.2 Å². The molecule has 8 heteroatoms. The molecular weight excluding hydrogens is 512 g/mol. The number of benzene rings is 2. The van der Waals surface area contributed by atoms with Gasteiger partial charge in [-0.15, -0.1) is 0 Å². The number of carbonyl (C=O) groups is 4. The first-order chi connectivity index (χ1) is 16.7. The summed E-state index contributed by atoms with van der Waals surface area (Å²) < 4.78 is 6.10. The minimum atomic E-state index is -0.663. The first kappa shape index (κ1) is 23.5. The van der Waals surface area contributed by atoms with Crippen LogP contribution < -0.4 is 10.2 Å². The van der Waals surface area contributed by atoms with Gasteiger partial charge < -0.3 is 10.1 Å². The minimum Gasteiger partial charge on any atom is -0.452 e. The van der Waals surface area contributed by atoms with Crippen LogP contribution in [0.15, 0.2) is 52.5 Å². The third-order valence-corrected chi connectivity index (χ3v) is 8.43. The largest absolute Gasteiger partial charge is 0.452 e. The van der Waals surface area contributed by atoms with E-state index in [2.05, 4.69) is 27.3 Å². The number of rotatable bonds is 5. The molecule has 2 fully saturated rings. The predicted molar refractivity (Wildman–Crippen MR) is 134 cm³/mol. The highest BCUT2D eigenvalue weighted by Gasteiger charge is 2.60. The molecule has 2 aromatic carbocycles. The Bertz CT molecular complexity index is 1300. The van der Waals surface area contributed by atoms with E-state index < -0.39 is 18.5 Å². The fourth-order valence-corrected chi connectivity index (χ4v) is 6.03. The average Bonchev–Trinajstić information content (AvgIpc) is 3.48. The monoisotopic (exact) mass is 536 g/mol. The summed E-state index contributed by atoms with van der Waals surface area (Å²) in [4.78, 5) is 52.1. The van der Waals surface area contributed by atoms with Gasteiger partial charge in [-0.1, -0.05) is 27.6 Å². The van der Waals surface area contributed by atoms with Gasteiger partial charge in [0.2, 0.25) is 11.8 Å². The summed E-state index contributed by atoms with van der Waals surface area (Å²) in [5, 5.41) is 2.75. The highest BCUT2D eigenvalue weighted by molar-refractivity contribution is 9.10. The number of nitrogens with zero attached hydrogens (tertiary/aromatic N) is 1. The summed E-state index contributed by atoms with van der Waals surface area (Å²) in [5.41, 5.74) is 4.46. The van der Waals surface area contributed by atoms with Crippen LogP contribution in [0.3, 0.4) is 0 Å². The number of esters is 1. The quantitative estimate of drug-likeness (QED) is 0.343. The maximum atomic E-state index is 13.1. The van der Waals surface area contributed by atoms with Gasteiger partial charge in [0.15, 0.2) is 6.61 Å². The molecule has 180 valence electrons. The van der Waals surface area contributed by atoms with Crippen LogP contribution in [0.25, 0.3) is 0 Å². The van der Waals surface area contributed by atoms with Crippen LogP contribution in [0.2, 0.25) is 0 Å². The van der Waals surface area contributed by atoms with Crippen LogP contribution in [0.1, 0.15) is 34.8 Å². The van der Waals surface area contributed by atoms with Crippen LogP contribution in [-0.4, -0.2) is 30.3 Å². The van der Waals surface area contributed by atoms with E-state index in [4.69, 9.17) is 4.74 Å². The molecule has 1 heterocycles. The summed E-state index contributed by atoms with van der Waals surface area (Å²) in [6.07, 6.45) is 3.01. The van der Waals surface area contributed by atoms with Crippen LogP contribution >= 0.6 is 15.9 Å². The summed E-state index contributed by atoms with van der Waals surface area (Å²) in [6.45, 7) is 5.44. The van der Waals surface area contributed by atoms with E-state index in [-0.39, 0.29) is 41.0 Å². The highest BCUT2D eigenvalue weighted by Crippen LogP contribution is 2.55. The average molecular weight is 537 g/mol. The Kier molecular flexibility index (Phi) is 5.87. The van der Waals surface area contributed by atoms with Crippen molar-refractivity contribution in [3.63, 3.8) is 0 Å². The molecule has 0 unspecified atom stereocenters. The molecule has 2 aliphatic carbocycles. The molecule has 35 heavy (non-hydrogen) atoms. The number of ether oxygens (including phenoxy) is 1. The highest BCUT2D eigenvalue weighted by atomic mass is 79.9. The lowest BCUT2D eigenvalue weighted by molar-refractivity contribution is -0.123. The second-order valence-electron chi connectivity index (χ2n) is 9.50. The van der Waals surface area contributed by atoms with Crippen molar-refractivity contribution in [1.82, 2.24) is 0 Å². The first-order valence-corrected chi connectivity index (χ1v) is 12.4. The van der Waals surface area contributed by atoms with E-state index >= 15 is 0 Å².